The maximum absolute atomic E-state index is 12.3. The summed E-state index contributed by atoms with van der Waals surface area (Å²) in [5.74, 6) is 0.619. The van der Waals surface area contributed by atoms with Crippen molar-refractivity contribution in [1.82, 2.24) is 14.9 Å². The highest BCUT2D eigenvalue weighted by Gasteiger charge is 2.27. The molecule has 1 amide bonds. The summed E-state index contributed by atoms with van der Waals surface area (Å²) in [6.07, 6.45) is 6.04. The zero-order chi connectivity index (χ0) is 23.5. The van der Waals surface area contributed by atoms with Crippen molar-refractivity contribution >= 4 is 21.5 Å². The second-order valence-electron chi connectivity index (χ2n) is 8.88. The Morgan fingerprint density at radius 3 is 2.44 bits per heavy atom. The van der Waals surface area contributed by atoms with Crippen LogP contribution in [0.1, 0.15) is 39.0 Å². The first kappa shape index (κ1) is 23.7. The molecule has 0 saturated heterocycles. The van der Waals surface area contributed by atoms with Crippen molar-refractivity contribution < 1.29 is 22.7 Å². The van der Waals surface area contributed by atoms with Crippen molar-refractivity contribution in [2.45, 2.75) is 44.9 Å². The third-order valence-corrected chi connectivity index (χ3v) is 5.84. The molecule has 0 radical (unpaired) electrons. The normalized spacial score (nSPS) is 17.0. The molecule has 9 heteroatoms. The Morgan fingerprint density at radius 2 is 1.91 bits per heavy atom. The van der Waals surface area contributed by atoms with Gasteiger partial charge >= 0.3 is 6.09 Å². The van der Waals surface area contributed by atoms with Crippen LogP contribution in [0.4, 0.5) is 4.79 Å². The van der Waals surface area contributed by atoms with E-state index in [1.54, 1.807) is 17.2 Å². The van der Waals surface area contributed by atoms with Crippen LogP contribution < -0.4 is 4.74 Å². The minimum Gasteiger partial charge on any atom is -0.486 e. The Morgan fingerprint density at radius 1 is 1.16 bits per heavy atom. The first-order valence-corrected chi connectivity index (χ1v) is 12.2. The average Bonchev–Trinajstić information content (AvgIpc) is 2.71. The SMILES string of the molecule is CC1CN(C(=O)OC(C)(C)C)CC=C1c1ccc(COc2ccc(S(C)(=O)=O)nc2)nc1. The maximum atomic E-state index is 12.3. The number of hydrogen-bond donors (Lipinski definition) is 0. The van der Waals surface area contributed by atoms with Gasteiger partial charge in [0.15, 0.2) is 14.9 Å². The van der Waals surface area contributed by atoms with Crippen LogP contribution in [-0.2, 0) is 21.2 Å². The lowest BCUT2D eigenvalue weighted by molar-refractivity contribution is 0.0251. The maximum Gasteiger partial charge on any atom is 0.410 e. The average molecular weight is 460 g/mol. The molecule has 1 aliphatic heterocycles. The Balaban J connectivity index is 1.60. The first-order chi connectivity index (χ1) is 14.9. The molecule has 2 aromatic heterocycles. The van der Waals surface area contributed by atoms with E-state index in [0.717, 1.165) is 23.1 Å². The van der Waals surface area contributed by atoms with Gasteiger partial charge in [0.05, 0.1) is 11.9 Å². The predicted octanol–water partition coefficient (Wildman–Crippen LogP) is 3.73. The number of rotatable bonds is 5. The molecule has 0 aromatic carbocycles. The minimum absolute atomic E-state index is 0.00689. The summed E-state index contributed by atoms with van der Waals surface area (Å²) in [5.41, 5.74) is 2.37. The molecule has 2 aromatic rings. The Kier molecular flexibility index (Phi) is 6.88. The molecule has 0 bridgehead atoms. The molecule has 0 fully saturated rings. The van der Waals surface area contributed by atoms with Gasteiger partial charge in [-0.2, -0.15) is 0 Å². The van der Waals surface area contributed by atoms with E-state index in [0.29, 0.717) is 18.8 Å². The van der Waals surface area contributed by atoms with Crippen molar-refractivity contribution in [2.24, 2.45) is 5.92 Å². The standard InChI is InChI=1S/C23H29N3O5S/c1-16-14-26(22(27)31-23(2,3)4)11-10-20(16)17-6-7-18(24-12-17)15-30-19-8-9-21(25-13-19)32(5,28)29/h6-10,12-13,16H,11,14-15H2,1-5H3. The van der Waals surface area contributed by atoms with Gasteiger partial charge in [-0.25, -0.2) is 18.2 Å². The largest absolute Gasteiger partial charge is 0.486 e. The van der Waals surface area contributed by atoms with Crippen LogP contribution in [0.15, 0.2) is 47.8 Å². The molecule has 0 spiro atoms. The van der Waals surface area contributed by atoms with Crippen LogP contribution in [0.3, 0.4) is 0 Å². The molecule has 0 N–H and O–H groups in total. The van der Waals surface area contributed by atoms with E-state index in [-0.39, 0.29) is 23.6 Å². The molecule has 0 aliphatic carbocycles. The van der Waals surface area contributed by atoms with Crippen LogP contribution in [0, 0.1) is 5.92 Å². The summed E-state index contributed by atoms with van der Waals surface area (Å²) in [6, 6.07) is 6.87. The number of carbonyl (C=O) groups is 1. The molecule has 0 saturated carbocycles. The molecule has 172 valence electrons. The molecular weight excluding hydrogens is 430 g/mol. The molecular formula is C23H29N3O5S. The second-order valence-corrected chi connectivity index (χ2v) is 10.8. The van der Waals surface area contributed by atoms with E-state index in [1.807, 2.05) is 39.0 Å². The zero-order valence-corrected chi connectivity index (χ0v) is 19.8. The van der Waals surface area contributed by atoms with E-state index < -0.39 is 15.4 Å². The predicted molar refractivity (Wildman–Crippen MR) is 121 cm³/mol. The third-order valence-electron chi connectivity index (χ3n) is 4.84. The van der Waals surface area contributed by atoms with Crippen LogP contribution in [0.25, 0.3) is 5.57 Å². The second kappa shape index (κ2) is 9.28. The van der Waals surface area contributed by atoms with Crippen molar-refractivity contribution in [3.63, 3.8) is 0 Å². The lowest BCUT2D eigenvalue weighted by atomic mass is 9.91. The Labute approximate surface area is 189 Å². The molecule has 32 heavy (non-hydrogen) atoms. The highest BCUT2D eigenvalue weighted by atomic mass is 32.2. The first-order valence-electron chi connectivity index (χ1n) is 10.3. The van der Waals surface area contributed by atoms with Gasteiger partial charge in [0.1, 0.15) is 18.0 Å². The molecule has 1 unspecified atom stereocenters. The number of sulfone groups is 1. The summed E-state index contributed by atoms with van der Waals surface area (Å²) in [7, 11) is -3.34. The molecule has 1 atom stereocenters. The molecule has 3 rings (SSSR count). The van der Waals surface area contributed by atoms with Crippen LogP contribution in [0.2, 0.25) is 0 Å². The van der Waals surface area contributed by atoms with E-state index in [2.05, 4.69) is 16.9 Å². The number of carbonyl (C=O) groups excluding carboxylic acids is 1. The van der Waals surface area contributed by atoms with Crippen molar-refractivity contribution in [2.75, 3.05) is 19.3 Å². The summed E-state index contributed by atoms with van der Waals surface area (Å²) >= 11 is 0. The van der Waals surface area contributed by atoms with Gasteiger partial charge in [-0.1, -0.05) is 19.1 Å². The van der Waals surface area contributed by atoms with Crippen LogP contribution >= 0.6 is 0 Å². The van der Waals surface area contributed by atoms with Gasteiger partial charge in [0, 0.05) is 25.5 Å². The van der Waals surface area contributed by atoms with E-state index in [4.69, 9.17) is 9.47 Å². The fourth-order valence-electron chi connectivity index (χ4n) is 3.30. The highest BCUT2D eigenvalue weighted by molar-refractivity contribution is 7.90. The van der Waals surface area contributed by atoms with Gasteiger partial charge in [-0.05, 0) is 56.0 Å². The number of nitrogens with zero attached hydrogens (tertiary/aromatic N) is 3. The van der Waals surface area contributed by atoms with E-state index in [1.165, 1.54) is 12.3 Å². The summed E-state index contributed by atoms with van der Waals surface area (Å²) in [6.45, 7) is 8.97. The topological polar surface area (TPSA) is 98.7 Å². The summed E-state index contributed by atoms with van der Waals surface area (Å²) in [5, 5.41) is 0.00689. The lowest BCUT2D eigenvalue weighted by Crippen LogP contribution is -2.41. The van der Waals surface area contributed by atoms with Gasteiger partial charge in [-0.15, -0.1) is 0 Å². The van der Waals surface area contributed by atoms with E-state index >= 15 is 0 Å². The summed E-state index contributed by atoms with van der Waals surface area (Å²) < 4.78 is 34.1. The quantitative estimate of drug-likeness (QED) is 0.672. The zero-order valence-electron chi connectivity index (χ0n) is 19.0. The number of amides is 1. The monoisotopic (exact) mass is 459 g/mol. The number of aromatic nitrogens is 2. The number of hydrogen-bond acceptors (Lipinski definition) is 7. The van der Waals surface area contributed by atoms with Crippen LogP contribution in [0.5, 0.6) is 5.75 Å². The molecule has 1 aliphatic rings. The van der Waals surface area contributed by atoms with Gasteiger partial charge < -0.3 is 14.4 Å². The lowest BCUT2D eigenvalue weighted by Gasteiger charge is -2.33. The molecule has 8 nitrogen and oxygen atoms in total. The summed E-state index contributed by atoms with van der Waals surface area (Å²) in [4.78, 5) is 22.4. The van der Waals surface area contributed by atoms with Gasteiger partial charge in [0.25, 0.3) is 0 Å². The van der Waals surface area contributed by atoms with Crippen molar-refractivity contribution in [3.8, 4) is 5.75 Å². The van der Waals surface area contributed by atoms with E-state index in [9.17, 15) is 13.2 Å². The minimum atomic E-state index is -3.34. The fraction of sp³-hybridized carbons (Fsp3) is 0.435. The highest BCUT2D eigenvalue weighted by Crippen LogP contribution is 2.28. The third kappa shape index (κ3) is 6.29. The van der Waals surface area contributed by atoms with Gasteiger partial charge in [0.2, 0.25) is 0 Å². The fourth-order valence-corrected chi connectivity index (χ4v) is 3.86. The Bertz CT molecular complexity index is 1090. The number of ether oxygens (including phenoxy) is 2. The molecule has 3 heterocycles. The number of pyridine rings is 2. The van der Waals surface area contributed by atoms with Crippen LogP contribution in [-0.4, -0.2) is 54.3 Å². The smallest absolute Gasteiger partial charge is 0.410 e. The van der Waals surface area contributed by atoms with Gasteiger partial charge in [-0.3, -0.25) is 4.98 Å². The Hall–Kier alpha value is -2.94. The van der Waals surface area contributed by atoms with Crippen molar-refractivity contribution in [3.05, 3.63) is 54.0 Å². The van der Waals surface area contributed by atoms with Crippen molar-refractivity contribution in [1.29, 1.82) is 0 Å².